The van der Waals surface area contributed by atoms with Crippen LogP contribution in [0.15, 0.2) is 54.6 Å². The van der Waals surface area contributed by atoms with Crippen molar-refractivity contribution in [3.8, 4) is 17.0 Å². The summed E-state index contributed by atoms with van der Waals surface area (Å²) < 4.78 is 46.8. The van der Waals surface area contributed by atoms with Gasteiger partial charge in [-0.2, -0.15) is 18.2 Å². The Morgan fingerprint density at radius 1 is 1.04 bits per heavy atom. The van der Waals surface area contributed by atoms with Gasteiger partial charge in [0.2, 0.25) is 17.9 Å². The summed E-state index contributed by atoms with van der Waals surface area (Å²) in [6.07, 6.45) is -6.94. The van der Waals surface area contributed by atoms with Crippen LogP contribution in [0.3, 0.4) is 0 Å². The van der Waals surface area contributed by atoms with E-state index in [1.54, 1.807) is 37.3 Å². The number of hydrogen-bond donors (Lipinski definition) is 1. The minimum atomic E-state index is -4.69. The number of halogens is 4. The largest absolute Gasteiger partial charge is 0.460 e. The summed E-state index contributed by atoms with van der Waals surface area (Å²) in [4.78, 5) is 7.59. The minimum absolute atomic E-state index is 0.0760. The number of alkyl halides is 3. The molecule has 3 rings (SSSR count). The summed E-state index contributed by atoms with van der Waals surface area (Å²) in [5, 5.41) is 0.320. The molecule has 2 N–H and O–H groups in total. The maximum absolute atomic E-state index is 13.9. The standard InChI is InChI=1S/C19H15ClF3N3O/c1-11-9-16(26-18(24)25-11)27-17(19(21,22)23)14-8-7-13(20)10-15(14)12-5-3-2-4-6-12/h2-10,17H,1H3,(H2,24,25,26). The van der Waals surface area contributed by atoms with Crippen LogP contribution in [0.5, 0.6) is 5.88 Å². The average molecular weight is 394 g/mol. The number of ether oxygens (including phenoxy) is 1. The summed E-state index contributed by atoms with van der Waals surface area (Å²) in [6, 6.07) is 14.1. The van der Waals surface area contributed by atoms with Gasteiger partial charge in [0.1, 0.15) is 0 Å². The number of nitrogens with two attached hydrogens (primary N) is 1. The van der Waals surface area contributed by atoms with Crippen molar-refractivity contribution in [3.05, 3.63) is 70.9 Å². The van der Waals surface area contributed by atoms with Gasteiger partial charge in [-0.3, -0.25) is 0 Å². The zero-order chi connectivity index (χ0) is 19.6. The number of aromatic nitrogens is 2. The van der Waals surface area contributed by atoms with E-state index in [0.717, 1.165) is 0 Å². The molecule has 0 radical (unpaired) electrons. The number of hydrogen-bond acceptors (Lipinski definition) is 4. The molecule has 0 bridgehead atoms. The average Bonchev–Trinajstić information content (AvgIpc) is 2.59. The van der Waals surface area contributed by atoms with Gasteiger partial charge in [0.15, 0.2) is 0 Å². The van der Waals surface area contributed by atoms with Crippen LogP contribution in [-0.4, -0.2) is 16.1 Å². The summed E-state index contributed by atoms with van der Waals surface area (Å²) in [5.74, 6) is -0.415. The summed E-state index contributed by atoms with van der Waals surface area (Å²) in [5.41, 5.74) is 6.76. The summed E-state index contributed by atoms with van der Waals surface area (Å²) in [6.45, 7) is 1.59. The number of rotatable bonds is 4. The summed E-state index contributed by atoms with van der Waals surface area (Å²) in [7, 11) is 0. The Labute approximate surface area is 158 Å². The van der Waals surface area contributed by atoms with E-state index in [1.165, 1.54) is 24.3 Å². The molecule has 0 fully saturated rings. The maximum atomic E-state index is 13.9. The van der Waals surface area contributed by atoms with Crippen LogP contribution in [0.4, 0.5) is 19.1 Å². The summed E-state index contributed by atoms with van der Waals surface area (Å²) >= 11 is 6.03. The molecule has 0 amide bonds. The smallest absolute Gasteiger partial charge is 0.429 e. The molecule has 140 valence electrons. The fourth-order valence-electron chi connectivity index (χ4n) is 2.67. The van der Waals surface area contributed by atoms with Gasteiger partial charge in [0, 0.05) is 22.3 Å². The van der Waals surface area contributed by atoms with Gasteiger partial charge in [0.25, 0.3) is 0 Å². The second-order valence-corrected chi connectivity index (χ2v) is 6.28. The van der Waals surface area contributed by atoms with Crippen molar-refractivity contribution in [2.24, 2.45) is 0 Å². The third-order valence-corrected chi connectivity index (χ3v) is 4.00. The SMILES string of the molecule is Cc1cc(OC(c2ccc(Cl)cc2-c2ccccc2)C(F)(F)F)nc(N)n1. The maximum Gasteiger partial charge on any atom is 0.429 e. The fourth-order valence-corrected chi connectivity index (χ4v) is 2.85. The number of aryl methyl sites for hydroxylation is 1. The van der Waals surface area contributed by atoms with Gasteiger partial charge >= 0.3 is 6.18 Å². The van der Waals surface area contributed by atoms with E-state index in [1.807, 2.05) is 0 Å². The van der Waals surface area contributed by atoms with Crippen LogP contribution in [0.2, 0.25) is 5.02 Å². The Bertz CT molecular complexity index is 928. The number of anilines is 1. The number of benzene rings is 2. The predicted molar refractivity (Wildman–Crippen MR) is 97.5 cm³/mol. The van der Waals surface area contributed by atoms with E-state index in [-0.39, 0.29) is 17.4 Å². The van der Waals surface area contributed by atoms with Crippen LogP contribution >= 0.6 is 11.6 Å². The lowest BCUT2D eigenvalue weighted by molar-refractivity contribution is -0.198. The molecule has 0 saturated heterocycles. The topological polar surface area (TPSA) is 61.0 Å². The lowest BCUT2D eigenvalue weighted by Crippen LogP contribution is -2.27. The molecule has 0 aliphatic heterocycles. The molecule has 0 aliphatic carbocycles. The van der Waals surface area contributed by atoms with Crippen molar-refractivity contribution in [1.82, 2.24) is 9.97 Å². The van der Waals surface area contributed by atoms with E-state index in [4.69, 9.17) is 22.1 Å². The molecular formula is C19H15ClF3N3O. The molecule has 1 unspecified atom stereocenters. The lowest BCUT2D eigenvalue weighted by atomic mass is 9.96. The van der Waals surface area contributed by atoms with E-state index < -0.39 is 12.3 Å². The van der Waals surface area contributed by atoms with Crippen LogP contribution in [0, 0.1) is 6.92 Å². The molecule has 0 aliphatic rings. The van der Waals surface area contributed by atoms with E-state index >= 15 is 0 Å². The first kappa shape index (κ1) is 19.0. The Balaban J connectivity index is 2.11. The van der Waals surface area contributed by atoms with E-state index in [9.17, 15) is 13.2 Å². The third-order valence-electron chi connectivity index (χ3n) is 3.77. The Morgan fingerprint density at radius 3 is 2.37 bits per heavy atom. The quantitative estimate of drug-likeness (QED) is 0.647. The molecule has 1 heterocycles. The normalized spacial score (nSPS) is 12.6. The molecule has 0 saturated carbocycles. The molecule has 3 aromatic rings. The van der Waals surface area contributed by atoms with Gasteiger partial charge in [-0.05, 0) is 30.2 Å². The first-order chi connectivity index (χ1) is 12.7. The Kier molecular flexibility index (Phi) is 5.23. The zero-order valence-corrected chi connectivity index (χ0v) is 14.9. The lowest BCUT2D eigenvalue weighted by Gasteiger charge is -2.24. The monoisotopic (exact) mass is 393 g/mol. The highest BCUT2D eigenvalue weighted by molar-refractivity contribution is 6.30. The Hall–Kier alpha value is -2.80. The molecule has 27 heavy (non-hydrogen) atoms. The molecule has 8 heteroatoms. The van der Waals surface area contributed by atoms with Crippen molar-refractivity contribution in [2.45, 2.75) is 19.2 Å². The van der Waals surface area contributed by atoms with Crippen LogP contribution in [-0.2, 0) is 0 Å². The molecule has 1 atom stereocenters. The fraction of sp³-hybridized carbons (Fsp3) is 0.158. The second kappa shape index (κ2) is 7.44. The zero-order valence-electron chi connectivity index (χ0n) is 14.2. The van der Waals surface area contributed by atoms with Crippen LogP contribution in [0.25, 0.3) is 11.1 Å². The highest BCUT2D eigenvalue weighted by Crippen LogP contribution is 2.41. The molecule has 1 aromatic heterocycles. The molecule has 2 aromatic carbocycles. The van der Waals surface area contributed by atoms with Crippen molar-refractivity contribution in [2.75, 3.05) is 5.73 Å². The van der Waals surface area contributed by atoms with Crippen molar-refractivity contribution in [3.63, 3.8) is 0 Å². The van der Waals surface area contributed by atoms with Gasteiger partial charge in [-0.15, -0.1) is 0 Å². The predicted octanol–water partition coefficient (Wildman–Crippen LogP) is 5.37. The van der Waals surface area contributed by atoms with Crippen LogP contribution in [0.1, 0.15) is 17.4 Å². The number of nitrogen functional groups attached to an aromatic ring is 1. The van der Waals surface area contributed by atoms with Crippen molar-refractivity contribution >= 4 is 17.5 Å². The molecule has 4 nitrogen and oxygen atoms in total. The highest BCUT2D eigenvalue weighted by Gasteiger charge is 2.44. The van der Waals surface area contributed by atoms with Gasteiger partial charge in [-0.1, -0.05) is 48.0 Å². The number of nitrogens with zero attached hydrogens (tertiary/aromatic N) is 2. The van der Waals surface area contributed by atoms with E-state index in [2.05, 4.69) is 9.97 Å². The first-order valence-corrected chi connectivity index (χ1v) is 8.31. The van der Waals surface area contributed by atoms with E-state index in [0.29, 0.717) is 21.8 Å². The molecular weight excluding hydrogens is 379 g/mol. The Morgan fingerprint density at radius 2 is 1.74 bits per heavy atom. The third kappa shape index (κ3) is 4.49. The first-order valence-electron chi connectivity index (χ1n) is 7.93. The van der Waals surface area contributed by atoms with Crippen molar-refractivity contribution in [1.29, 1.82) is 0 Å². The van der Waals surface area contributed by atoms with Crippen LogP contribution < -0.4 is 10.5 Å². The van der Waals surface area contributed by atoms with Gasteiger partial charge < -0.3 is 10.5 Å². The highest BCUT2D eigenvalue weighted by atomic mass is 35.5. The van der Waals surface area contributed by atoms with Gasteiger partial charge in [-0.25, -0.2) is 4.98 Å². The van der Waals surface area contributed by atoms with Crippen molar-refractivity contribution < 1.29 is 17.9 Å². The second-order valence-electron chi connectivity index (χ2n) is 5.84. The van der Waals surface area contributed by atoms with Gasteiger partial charge in [0.05, 0.1) is 0 Å². The molecule has 0 spiro atoms. The minimum Gasteiger partial charge on any atom is -0.460 e.